The molecule has 0 aliphatic rings. The zero-order valence-corrected chi connectivity index (χ0v) is 12.4. The van der Waals surface area contributed by atoms with E-state index in [1.807, 2.05) is 6.92 Å². The Morgan fingerprint density at radius 1 is 1.37 bits per heavy atom. The molecule has 1 aromatic rings. The zero-order valence-electron chi connectivity index (χ0n) is 10.8. The number of ether oxygens (including phenoxy) is 2. The Bertz CT molecular complexity index is 468. The summed E-state index contributed by atoms with van der Waals surface area (Å²) in [6, 6.07) is 5.45. The number of carbonyl (C=O) groups is 1. The van der Waals surface area contributed by atoms with Gasteiger partial charge >= 0.3 is 0 Å². The monoisotopic (exact) mass is 325 g/mol. The van der Waals surface area contributed by atoms with Gasteiger partial charge in [-0.3, -0.25) is 4.79 Å². The fraction of sp³-hybridized carbons (Fsp3) is 0.429. The van der Waals surface area contributed by atoms with Crippen LogP contribution in [0.2, 0.25) is 0 Å². The SMILES string of the molecule is CCOc1cc(C=O)cc(Br)c1OCCCCC#N. The first kappa shape index (κ1) is 15.5. The van der Waals surface area contributed by atoms with Crippen LogP contribution >= 0.6 is 15.9 Å². The third kappa shape index (κ3) is 4.92. The predicted molar refractivity (Wildman–Crippen MR) is 75.7 cm³/mol. The predicted octanol–water partition coefficient (Wildman–Crippen LogP) is 3.73. The number of rotatable bonds is 8. The van der Waals surface area contributed by atoms with Gasteiger partial charge in [0.25, 0.3) is 0 Å². The minimum Gasteiger partial charge on any atom is -0.490 e. The Balaban J connectivity index is 2.74. The number of hydrogen-bond acceptors (Lipinski definition) is 4. The van der Waals surface area contributed by atoms with Crippen molar-refractivity contribution >= 4 is 22.2 Å². The van der Waals surface area contributed by atoms with Crippen LogP contribution in [0.1, 0.15) is 36.5 Å². The average Bonchev–Trinajstić information content (AvgIpc) is 2.41. The fourth-order valence-electron chi connectivity index (χ4n) is 1.54. The van der Waals surface area contributed by atoms with Gasteiger partial charge in [0.15, 0.2) is 11.5 Å². The molecule has 0 heterocycles. The number of nitrogens with zero attached hydrogens (tertiary/aromatic N) is 1. The average molecular weight is 326 g/mol. The molecule has 102 valence electrons. The summed E-state index contributed by atoms with van der Waals surface area (Å²) in [5, 5.41) is 8.45. The Hall–Kier alpha value is -1.54. The van der Waals surface area contributed by atoms with E-state index < -0.39 is 0 Å². The van der Waals surface area contributed by atoms with E-state index in [2.05, 4.69) is 22.0 Å². The van der Waals surface area contributed by atoms with Gasteiger partial charge in [-0.25, -0.2) is 0 Å². The van der Waals surface area contributed by atoms with Crippen molar-refractivity contribution in [1.29, 1.82) is 5.26 Å². The summed E-state index contributed by atoms with van der Waals surface area (Å²) < 4.78 is 11.8. The van der Waals surface area contributed by atoms with Gasteiger partial charge < -0.3 is 9.47 Å². The van der Waals surface area contributed by atoms with Crippen LogP contribution in [0.25, 0.3) is 0 Å². The van der Waals surface area contributed by atoms with Gasteiger partial charge in [-0.05, 0) is 47.8 Å². The largest absolute Gasteiger partial charge is 0.490 e. The molecule has 0 amide bonds. The maximum Gasteiger partial charge on any atom is 0.175 e. The number of nitriles is 1. The Labute approximate surface area is 121 Å². The first-order valence-electron chi connectivity index (χ1n) is 6.14. The number of aldehydes is 1. The van der Waals surface area contributed by atoms with Gasteiger partial charge in [0.05, 0.1) is 23.8 Å². The van der Waals surface area contributed by atoms with Crippen LogP contribution in [0.15, 0.2) is 16.6 Å². The molecule has 0 radical (unpaired) electrons. The van der Waals surface area contributed by atoms with Crippen molar-refractivity contribution in [2.45, 2.75) is 26.2 Å². The van der Waals surface area contributed by atoms with Gasteiger partial charge in [-0.1, -0.05) is 0 Å². The van der Waals surface area contributed by atoms with Gasteiger partial charge in [0.2, 0.25) is 0 Å². The Kier molecular flexibility index (Phi) is 6.98. The van der Waals surface area contributed by atoms with Crippen LogP contribution in [-0.4, -0.2) is 19.5 Å². The van der Waals surface area contributed by atoms with E-state index in [-0.39, 0.29) is 0 Å². The Morgan fingerprint density at radius 3 is 2.79 bits per heavy atom. The topological polar surface area (TPSA) is 59.3 Å². The lowest BCUT2D eigenvalue weighted by molar-refractivity contribution is 0.112. The summed E-state index contributed by atoms with van der Waals surface area (Å²) in [6.45, 7) is 2.89. The quantitative estimate of drug-likeness (QED) is 0.539. The van der Waals surface area contributed by atoms with Crippen LogP contribution in [0.5, 0.6) is 11.5 Å². The lowest BCUT2D eigenvalue weighted by atomic mass is 10.2. The third-order valence-electron chi connectivity index (χ3n) is 2.40. The second kappa shape index (κ2) is 8.54. The maximum absolute atomic E-state index is 10.8. The zero-order chi connectivity index (χ0) is 14.1. The van der Waals surface area contributed by atoms with E-state index >= 15 is 0 Å². The first-order valence-corrected chi connectivity index (χ1v) is 6.93. The highest BCUT2D eigenvalue weighted by Crippen LogP contribution is 2.36. The molecule has 0 aliphatic carbocycles. The fourth-order valence-corrected chi connectivity index (χ4v) is 2.11. The molecule has 0 saturated heterocycles. The van der Waals surface area contributed by atoms with Gasteiger partial charge in [0.1, 0.15) is 6.29 Å². The molecule has 0 bridgehead atoms. The van der Waals surface area contributed by atoms with Crippen molar-refractivity contribution < 1.29 is 14.3 Å². The molecule has 0 N–H and O–H groups in total. The molecule has 0 spiro atoms. The highest BCUT2D eigenvalue weighted by atomic mass is 79.9. The van der Waals surface area contributed by atoms with Gasteiger partial charge in [-0.2, -0.15) is 5.26 Å². The summed E-state index contributed by atoms with van der Waals surface area (Å²) in [4.78, 5) is 10.8. The van der Waals surface area contributed by atoms with Crippen LogP contribution in [0, 0.1) is 11.3 Å². The normalized spacial score (nSPS) is 9.74. The summed E-state index contributed by atoms with van der Waals surface area (Å²) >= 11 is 3.38. The van der Waals surface area contributed by atoms with Crippen molar-refractivity contribution in [3.05, 3.63) is 22.2 Å². The van der Waals surface area contributed by atoms with E-state index in [4.69, 9.17) is 14.7 Å². The van der Waals surface area contributed by atoms with Crippen LogP contribution in [-0.2, 0) is 0 Å². The van der Waals surface area contributed by atoms with E-state index in [0.29, 0.717) is 41.2 Å². The van der Waals surface area contributed by atoms with E-state index in [9.17, 15) is 4.79 Å². The molecule has 19 heavy (non-hydrogen) atoms. The molecular formula is C14H16BrNO3. The second-order valence-corrected chi connectivity index (χ2v) is 4.70. The summed E-state index contributed by atoms with van der Waals surface area (Å²) in [6.07, 6.45) is 2.92. The van der Waals surface area contributed by atoms with Crippen molar-refractivity contribution in [1.82, 2.24) is 0 Å². The molecule has 0 saturated carbocycles. The standard InChI is InChI=1S/C14H16BrNO3/c1-2-18-13-9-11(10-17)8-12(15)14(13)19-7-5-3-4-6-16/h8-10H,2-5,7H2,1H3. The molecule has 0 aliphatic heterocycles. The van der Waals surface area contributed by atoms with Crippen molar-refractivity contribution in [2.24, 2.45) is 0 Å². The Morgan fingerprint density at radius 2 is 2.16 bits per heavy atom. The molecule has 4 nitrogen and oxygen atoms in total. The van der Waals surface area contributed by atoms with Gasteiger partial charge in [-0.15, -0.1) is 0 Å². The number of benzene rings is 1. The van der Waals surface area contributed by atoms with Crippen molar-refractivity contribution in [3.8, 4) is 17.6 Å². The van der Waals surface area contributed by atoms with Crippen molar-refractivity contribution in [3.63, 3.8) is 0 Å². The number of unbranched alkanes of at least 4 members (excludes halogenated alkanes) is 2. The molecule has 0 fully saturated rings. The van der Waals surface area contributed by atoms with E-state index in [1.54, 1.807) is 12.1 Å². The molecule has 0 unspecified atom stereocenters. The first-order chi connectivity index (χ1) is 9.22. The summed E-state index contributed by atoms with van der Waals surface area (Å²) in [5.74, 6) is 1.16. The minimum absolute atomic E-state index is 0.500. The lowest BCUT2D eigenvalue weighted by Crippen LogP contribution is -2.02. The molecule has 1 rings (SSSR count). The summed E-state index contributed by atoms with van der Waals surface area (Å²) in [5.41, 5.74) is 0.534. The second-order valence-electron chi connectivity index (χ2n) is 3.84. The van der Waals surface area contributed by atoms with Crippen LogP contribution in [0.3, 0.4) is 0 Å². The summed E-state index contributed by atoms with van der Waals surface area (Å²) in [7, 11) is 0. The molecule has 5 heteroatoms. The van der Waals surface area contributed by atoms with Crippen LogP contribution < -0.4 is 9.47 Å². The lowest BCUT2D eigenvalue weighted by Gasteiger charge is -2.14. The van der Waals surface area contributed by atoms with E-state index in [0.717, 1.165) is 19.1 Å². The maximum atomic E-state index is 10.8. The molecule has 0 aromatic heterocycles. The van der Waals surface area contributed by atoms with Crippen molar-refractivity contribution in [2.75, 3.05) is 13.2 Å². The minimum atomic E-state index is 0.500. The highest BCUT2D eigenvalue weighted by Gasteiger charge is 2.11. The molecular weight excluding hydrogens is 310 g/mol. The molecule has 0 atom stereocenters. The third-order valence-corrected chi connectivity index (χ3v) is 2.99. The molecule has 1 aromatic carbocycles. The van der Waals surface area contributed by atoms with Crippen LogP contribution in [0.4, 0.5) is 0 Å². The number of halogens is 1. The van der Waals surface area contributed by atoms with Gasteiger partial charge in [0, 0.05) is 12.0 Å². The van der Waals surface area contributed by atoms with E-state index in [1.165, 1.54) is 0 Å². The smallest absolute Gasteiger partial charge is 0.175 e. The highest BCUT2D eigenvalue weighted by molar-refractivity contribution is 9.10. The number of carbonyl (C=O) groups excluding carboxylic acids is 1. The number of hydrogen-bond donors (Lipinski definition) is 0.